The largest absolute Gasteiger partial charge is 0.400 e. The van der Waals surface area contributed by atoms with Crippen molar-refractivity contribution in [3.05, 3.63) is 42.7 Å². The molecular formula is C11H15N2Si. The fraction of sp³-hybridized carbons (Fsp3) is 0.273. The first kappa shape index (κ1) is 9.34. The quantitative estimate of drug-likeness (QED) is 0.622. The van der Waals surface area contributed by atoms with Crippen LogP contribution in [-0.2, 0) is 0 Å². The van der Waals surface area contributed by atoms with Crippen molar-refractivity contribution >= 4 is 14.1 Å². The molecule has 14 heavy (non-hydrogen) atoms. The Bertz CT molecular complexity index is 323. The normalized spacial score (nSPS) is 17.6. The lowest BCUT2D eigenvalue weighted by Gasteiger charge is -2.33. The highest BCUT2D eigenvalue weighted by molar-refractivity contribution is 6.71. The smallest absolute Gasteiger partial charge is 0.225 e. The molecule has 0 saturated heterocycles. The summed E-state index contributed by atoms with van der Waals surface area (Å²) >= 11 is 0. The number of rotatable bonds is 1. The van der Waals surface area contributed by atoms with Gasteiger partial charge in [0.2, 0.25) is 8.96 Å². The summed E-state index contributed by atoms with van der Waals surface area (Å²) in [6.07, 6.45) is 5.46. The van der Waals surface area contributed by atoms with Crippen LogP contribution < -0.4 is 5.19 Å². The average molecular weight is 203 g/mol. The van der Waals surface area contributed by atoms with Crippen molar-refractivity contribution in [3.8, 4) is 0 Å². The molecule has 0 N–H and O–H groups in total. The summed E-state index contributed by atoms with van der Waals surface area (Å²) in [5.74, 6) is 0. The van der Waals surface area contributed by atoms with E-state index in [2.05, 4.69) is 66.3 Å². The molecule has 1 aromatic carbocycles. The van der Waals surface area contributed by atoms with Gasteiger partial charge in [0.25, 0.3) is 0 Å². The van der Waals surface area contributed by atoms with Crippen molar-refractivity contribution in [2.24, 2.45) is 0 Å². The lowest BCUT2D eigenvalue weighted by Crippen LogP contribution is -2.52. The van der Waals surface area contributed by atoms with Gasteiger partial charge in [-0.3, -0.25) is 0 Å². The Hall–Kier alpha value is -1.22. The van der Waals surface area contributed by atoms with Crippen molar-refractivity contribution < 1.29 is 0 Å². The maximum Gasteiger partial charge on any atom is 0.225 e. The van der Waals surface area contributed by atoms with E-state index in [1.165, 1.54) is 5.19 Å². The highest BCUT2D eigenvalue weighted by atomic mass is 28.3. The first-order valence-corrected chi connectivity index (χ1v) is 6.45. The molecule has 1 aliphatic heterocycles. The highest BCUT2D eigenvalue weighted by Gasteiger charge is 2.22. The molecule has 0 spiro atoms. The van der Waals surface area contributed by atoms with Crippen LogP contribution in [-0.4, -0.2) is 38.7 Å². The monoisotopic (exact) mass is 203 g/mol. The molecule has 1 radical (unpaired) electrons. The SMILES string of the molecule is CN1C=CN(C)[Si](c2ccccc2)C1. The van der Waals surface area contributed by atoms with Crippen molar-refractivity contribution in [1.29, 1.82) is 0 Å². The van der Waals surface area contributed by atoms with Crippen LogP contribution >= 0.6 is 0 Å². The first-order valence-electron chi connectivity index (χ1n) is 4.80. The molecule has 1 heterocycles. The molecular weight excluding hydrogens is 188 g/mol. The van der Waals surface area contributed by atoms with E-state index in [1.54, 1.807) is 0 Å². The zero-order valence-electron chi connectivity index (χ0n) is 8.64. The van der Waals surface area contributed by atoms with Gasteiger partial charge < -0.3 is 9.47 Å². The van der Waals surface area contributed by atoms with E-state index in [9.17, 15) is 0 Å². The first-order chi connectivity index (χ1) is 6.77. The molecule has 0 amide bonds. The molecule has 0 aromatic heterocycles. The molecule has 2 nitrogen and oxygen atoms in total. The summed E-state index contributed by atoms with van der Waals surface area (Å²) in [6.45, 7) is 0. The van der Waals surface area contributed by atoms with Crippen LogP contribution in [0.4, 0.5) is 0 Å². The minimum atomic E-state index is -0.579. The zero-order chi connectivity index (χ0) is 9.97. The van der Waals surface area contributed by atoms with Gasteiger partial charge >= 0.3 is 0 Å². The Morgan fingerprint density at radius 2 is 1.79 bits per heavy atom. The molecule has 1 aliphatic rings. The lowest BCUT2D eigenvalue weighted by molar-refractivity contribution is 0.479. The molecule has 73 valence electrons. The Kier molecular flexibility index (Phi) is 2.59. The molecule has 0 saturated carbocycles. The summed E-state index contributed by atoms with van der Waals surface area (Å²) in [7, 11) is 3.73. The van der Waals surface area contributed by atoms with Crippen molar-refractivity contribution in [1.82, 2.24) is 9.47 Å². The number of benzene rings is 1. The molecule has 2 rings (SSSR count). The van der Waals surface area contributed by atoms with Crippen LogP contribution in [0.3, 0.4) is 0 Å². The maximum atomic E-state index is 2.36. The summed E-state index contributed by atoms with van der Waals surface area (Å²) in [4.78, 5) is 2.27. The average Bonchev–Trinajstić information content (AvgIpc) is 2.23. The number of nitrogens with zero attached hydrogens (tertiary/aromatic N) is 2. The van der Waals surface area contributed by atoms with E-state index in [1.807, 2.05) is 0 Å². The predicted octanol–water partition coefficient (Wildman–Crippen LogP) is 0.773. The van der Waals surface area contributed by atoms with Gasteiger partial charge in [0.1, 0.15) is 0 Å². The summed E-state index contributed by atoms with van der Waals surface area (Å²) in [6, 6.07) is 10.8. The van der Waals surface area contributed by atoms with Crippen molar-refractivity contribution in [3.63, 3.8) is 0 Å². The van der Waals surface area contributed by atoms with Gasteiger partial charge in [-0.15, -0.1) is 0 Å². The minimum absolute atomic E-state index is 0.579. The van der Waals surface area contributed by atoms with Crippen LogP contribution in [0, 0.1) is 0 Å². The summed E-state index contributed by atoms with van der Waals surface area (Å²) in [5.41, 5.74) is 0. The fourth-order valence-electron chi connectivity index (χ4n) is 1.63. The van der Waals surface area contributed by atoms with E-state index in [0.717, 1.165) is 6.17 Å². The summed E-state index contributed by atoms with van der Waals surface area (Å²) < 4.78 is 2.36. The second-order valence-corrected chi connectivity index (χ2v) is 6.13. The third-order valence-electron chi connectivity index (χ3n) is 2.48. The molecule has 0 fully saturated rings. The van der Waals surface area contributed by atoms with Crippen LogP contribution in [0.2, 0.25) is 0 Å². The fourth-order valence-corrected chi connectivity index (χ4v) is 3.84. The lowest BCUT2D eigenvalue weighted by atomic mass is 10.4. The Morgan fingerprint density at radius 3 is 2.50 bits per heavy atom. The van der Waals surface area contributed by atoms with Crippen LogP contribution in [0.1, 0.15) is 0 Å². The van der Waals surface area contributed by atoms with E-state index in [-0.39, 0.29) is 0 Å². The molecule has 1 aromatic rings. The second-order valence-electron chi connectivity index (χ2n) is 3.64. The number of hydrogen-bond donors (Lipinski definition) is 0. The maximum absolute atomic E-state index is 2.36. The Morgan fingerprint density at radius 1 is 1.07 bits per heavy atom. The van der Waals surface area contributed by atoms with Gasteiger partial charge in [0.15, 0.2) is 0 Å². The van der Waals surface area contributed by atoms with Gasteiger partial charge in [0.05, 0.1) is 0 Å². The van der Waals surface area contributed by atoms with Crippen molar-refractivity contribution in [2.75, 3.05) is 20.3 Å². The van der Waals surface area contributed by atoms with Gasteiger partial charge in [-0.1, -0.05) is 30.3 Å². The van der Waals surface area contributed by atoms with Gasteiger partial charge in [0, 0.05) is 25.6 Å². The second kappa shape index (κ2) is 3.88. The van der Waals surface area contributed by atoms with E-state index in [4.69, 9.17) is 0 Å². The van der Waals surface area contributed by atoms with Gasteiger partial charge in [-0.2, -0.15) is 0 Å². The van der Waals surface area contributed by atoms with E-state index >= 15 is 0 Å². The van der Waals surface area contributed by atoms with Crippen LogP contribution in [0.25, 0.3) is 0 Å². The molecule has 0 bridgehead atoms. The number of hydrogen-bond acceptors (Lipinski definition) is 2. The molecule has 0 atom stereocenters. The van der Waals surface area contributed by atoms with Crippen molar-refractivity contribution in [2.45, 2.75) is 0 Å². The van der Waals surface area contributed by atoms with Crippen LogP contribution in [0.5, 0.6) is 0 Å². The minimum Gasteiger partial charge on any atom is -0.400 e. The summed E-state index contributed by atoms with van der Waals surface area (Å²) in [5, 5.41) is 1.48. The van der Waals surface area contributed by atoms with Gasteiger partial charge in [-0.05, 0) is 12.2 Å². The van der Waals surface area contributed by atoms with E-state index < -0.39 is 8.96 Å². The third kappa shape index (κ3) is 1.82. The van der Waals surface area contributed by atoms with E-state index in [0.29, 0.717) is 0 Å². The molecule has 0 aliphatic carbocycles. The molecule has 3 heteroatoms. The highest BCUT2D eigenvalue weighted by Crippen LogP contribution is 2.03. The van der Waals surface area contributed by atoms with Crippen LogP contribution in [0.15, 0.2) is 42.7 Å². The topological polar surface area (TPSA) is 6.48 Å². The zero-order valence-corrected chi connectivity index (χ0v) is 9.64. The standard InChI is InChI=1S/C11H15N2Si/c1-12-8-9-13(2)14(10-12)11-6-4-3-5-7-11/h3-9H,10H2,1-2H3. The van der Waals surface area contributed by atoms with Gasteiger partial charge in [-0.25, -0.2) is 0 Å². The Balaban J connectivity index is 2.23. The predicted molar refractivity (Wildman–Crippen MR) is 61.4 cm³/mol. The Labute approximate surface area is 87.1 Å². The molecule has 0 unspecified atom stereocenters. The third-order valence-corrected chi connectivity index (χ3v) is 5.28.